The molecule has 7 nitrogen and oxygen atoms in total. The summed E-state index contributed by atoms with van der Waals surface area (Å²) in [5, 5.41) is 11.3. The molecule has 0 saturated carbocycles. The van der Waals surface area contributed by atoms with Gasteiger partial charge in [-0.3, -0.25) is 14.9 Å². The number of rotatable bonds is 6. The number of aromatic nitrogens is 2. The molecule has 0 aliphatic heterocycles. The molecule has 2 aromatic carbocycles. The molecule has 3 aromatic rings. The lowest BCUT2D eigenvalue weighted by molar-refractivity contribution is -0.384. The number of hydrogen-bond acceptors (Lipinski definition) is 4. The Hall–Kier alpha value is -2.93. The number of aromatic amines is 1. The molecule has 0 spiro atoms. The van der Waals surface area contributed by atoms with Gasteiger partial charge in [-0.2, -0.15) is 0 Å². The maximum Gasteiger partial charge on any atom is 0.269 e. The van der Waals surface area contributed by atoms with Gasteiger partial charge in [-0.1, -0.05) is 23.7 Å². The van der Waals surface area contributed by atoms with Crippen molar-refractivity contribution in [3.8, 4) is 0 Å². The molecule has 0 saturated heterocycles. The molecule has 0 radical (unpaired) electrons. The van der Waals surface area contributed by atoms with Crippen LogP contribution in [0.2, 0.25) is 5.02 Å². The van der Waals surface area contributed by atoms with E-state index in [0.29, 0.717) is 17.0 Å². The number of benzene rings is 2. The van der Waals surface area contributed by atoms with Crippen molar-refractivity contribution >= 4 is 34.2 Å². The first kappa shape index (κ1) is 17.9. The van der Waals surface area contributed by atoms with Gasteiger partial charge >= 0.3 is 0 Å². The van der Waals surface area contributed by atoms with Crippen LogP contribution in [0.4, 0.5) is 5.69 Å². The number of hydrogen-bond donors (Lipinski definition) is 1. The van der Waals surface area contributed by atoms with Gasteiger partial charge in [-0.25, -0.2) is 4.98 Å². The standard InChI is InChI=1S/C18H17ClN4O3/c1-22(11-12-10-13(23(25)26)6-7-14(12)19)18(24)9-8-17-20-15-4-2-3-5-16(15)21-17/h2-7,10H,8-9,11H2,1H3,(H,20,21). The largest absolute Gasteiger partial charge is 0.342 e. The van der Waals surface area contributed by atoms with Gasteiger partial charge in [0.15, 0.2) is 0 Å². The molecule has 0 unspecified atom stereocenters. The van der Waals surface area contributed by atoms with Crippen LogP contribution in [-0.4, -0.2) is 32.7 Å². The monoisotopic (exact) mass is 372 g/mol. The molecule has 26 heavy (non-hydrogen) atoms. The van der Waals surface area contributed by atoms with Gasteiger partial charge in [0.25, 0.3) is 5.69 Å². The predicted octanol–water partition coefficient (Wildman–Crippen LogP) is 3.72. The molecule has 0 aliphatic carbocycles. The molecule has 3 rings (SSSR count). The van der Waals surface area contributed by atoms with E-state index in [1.54, 1.807) is 7.05 Å². The second kappa shape index (κ2) is 7.53. The second-order valence-electron chi connectivity index (χ2n) is 5.98. The van der Waals surface area contributed by atoms with E-state index in [4.69, 9.17) is 11.6 Å². The summed E-state index contributed by atoms with van der Waals surface area (Å²) >= 11 is 6.09. The number of amides is 1. The van der Waals surface area contributed by atoms with Crippen LogP contribution >= 0.6 is 11.6 Å². The highest BCUT2D eigenvalue weighted by atomic mass is 35.5. The summed E-state index contributed by atoms with van der Waals surface area (Å²) in [6.45, 7) is 0.208. The minimum Gasteiger partial charge on any atom is -0.342 e. The zero-order valence-corrected chi connectivity index (χ0v) is 14.9. The van der Waals surface area contributed by atoms with Crippen molar-refractivity contribution in [2.45, 2.75) is 19.4 Å². The summed E-state index contributed by atoms with van der Waals surface area (Å²) in [7, 11) is 1.65. The van der Waals surface area contributed by atoms with E-state index in [-0.39, 0.29) is 24.6 Å². The van der Waals surface area contributed by atoms with E-state index in [1.165, 1.54) is 23.1 Å². The molecule has 1 aromatic heterocycles. The van der Waals surface area contributed by atoms with Gasteiger partial charge in [0.2, 0.25) is 5.91 Å². The van der Waals surface area contributed by atoms with Crippen molar-refractivity contribution in [1.82, 2.24) is 14.9 Å². The van der Waals surface area contributed by atoms with Gasteiger partial charge in [0, 0.05) is 43.6 Å². The van der Waals surface area contributed by atoms with Gasteiger partial charge in [0.1, 0.15) is 5.82 Å². The molecule has 0 aliphatic rings. The van der Waals surface area contributed by atoms with Gasteiger partial charge in [0.05, 0.1) is 16.0 Å². The van der Waals surface area contributed by atoms with E-state index in [0.717, 1.165) is 16.9 Å². The van der Waals surface area contributed by atoms with Crippen molar-refractivity contribution in [2.24, 2.45) is 0 Å². The van der Waals surface area contributed by atoms with Gasteiger partial charge in [-0.15, -0.1) is 0 Å². The average Bonchev–Trinajstić information content (AvgIpc) is 3.04. The fourth-order valence-corrected chi connectivity index (χ4v) is 2.86. The third-order valence-corrected chi connectivity index (χ3v) is 4.46. The maximum atomic E-state index is 12.4. The van der Waals surface area contributed by atoms with Crippen LogP contribution in [0.15, 0.2) is 42.5 Å². The van der Waals surface area contributed by atoms with E-state index in [2.05, 4.69) is 9.97 Å². The molecule has 0 fully saturated rings. The fraction of sp³-hybridized carbons (Fsp3) is 0.222. The highest BCUT2D eigenvalue weighted by Crippen LogP contribution is 2.23. The third kappa shape index (κ3) is 4.00. The normalized spacial score (nSPS) is 10.8. The highest BCUT2D eigenvalue weighted by molar-refractivity contribution is 6.31. The lowest BCUT2D eigenvalue weighted by atomic mass is 10.1. The first-order chi connectivity index (χ1) is 12.4. The smallest absolute Gasteiger partial charge is 0.269 e. The number of nitro groups is 1. The molecule has 1 heterocycles. The van der Waals surface area contributed by atoms with Crippen molar-refractivity contribution in [3.63, 3.8) is 0 Å². The molecule has 1 N–H and O–H groups in total. The number of carbonyl (C=O) groups is 1. The van der Waals surface area contributed by atoms with Crippen LogP contribution in [0.5, 0.6) is 0 Å². The molecule has 0 atom stereocenters. The van der Waals surface area contributed by atoms with Crippen molar-refractivity contribution in [3.05, 3.63) is 69.0 Å². The van der Waals surface area contributed by atoms with E-state index in [1.807, 2.05) is 24.3 Å². The Morgan fingerprint density at radius 3 is 2.81 bits per heavy atom. The Bertz CT molecular complexity index is 937. The summed E-state index contributed by atoms with van der Waals surface area (Å²) in [5.41, 5.74) is 2.30. The fourth-order valence-electron chi connectivity index (χ4n) is 2.68. The van der Waals surface area contributed by atoms with Crippen LogP contribution < -0.4 is 0 Å². The Morgan fingerprint density at radius 2 is 2.08 bits per heavy atom. The van der Waals surface area contributed by atoms with Crippen molar-refractivity contribution < 1.29 is 9.72 Å². The zero-order chi connectivity index (χ0) is 18.7. The average molecular weight is 373 g/mol. The summed E-state index contributed by atoms with van der Waals surface area (Å²) in [5.74, 6) is 0.661. The zero-order valence-electron chi connectivity index (χ0n) is 14.1. The number of aryl methyl sites for hydroxylation is 1. The molecule has 1 amide bonds. The predicted molar refractivity (Wildman–Crippen MR) is 99.0 cm³/mol. The first-order valence-corrected chi connectivity index (χ1v) is 8.42. The number of nitrogens with zero attached hydrogens (tertiary/aromatic N) is 3. The number of nitro benzene ring substituents is 1. The second-order valence-corrected chi connectivity index (χ2v) is 6.39. The maximum absolute atomic E-state index is 12.4. The molecule has 0 bridgehead atoms. The van der Waals surface area contributed by atoms with Crippen LogP contribution in [0.3, 0.4) is 0 Å². The lowest BCUT2D eigenvalue weighted by Gasteiger charge is -2.17. The van der Waals surface area contributed by atoms with E-state index >= 15 is 0 Å². The minimum atomic E-state index is -0.483. The summed E-state index contributed by atoms with van der Waals surface area (Å²) in [6.07, 6.45) is 0.767. The minimum absolute atomic E-state index is 0.0486. The first-order valence-electron chi connectivity index (χ1n) is 8.04. The number of imidazole rings is 1. The summed E-state index contributed by atoms with van der Waals surface area (Å²) in [4.78, 5) is 31.9. The number of non-ortho nitro benzene ring substituents is 1. The SMILES string of the molecule is CN(Cc1cc([N+](=O)[O-])ccc1Cl)C(=O)CCc1nc2ccccc2[nH]1. The van der Waals surface area contributed by atoms with E-state index < -0.39 is 4.92 Å². The Morgan fingerprint density at radius 1 is 1.31 bits per heavy atom. The lowest BCUT2D eigenvalue weighted by Crippen LogP contribution is -2.26. The third-order valence-electron chi connectivity index (χ3n) is 4.09. The number of carbonyl (C=O) groups excluding carboxylic acids is 1. The molecular formula is C18H17ClN4O3. The quantitative estimate of drug-likeness (QED) is 0.527. The Labute approximate surface area is 154 Å². The number of nitrogens with one attached hydrogen (secondary N) is 1. The topological polar surface area (TPSA) is 92.1 Å². The number of fused-ring (bicyclic) bond motifs is 1. The van der Waals surface area contributed by atoms with Crippen LogP contribution in [0.25, 0.3) is 11.0 Å². The number of halogens is 1. The Balaban J connectivity index is 1.62. The summed E-state index contributed by atoms with van der Waals surface area (Å²) in [6, 6.07) is 11.9. The number of para-hydroxylation sites is 2. The van der Waals surface area contributed by atoms with Crippen molar-refractivity contribution in [1.29, 1.82) is 0 Å². The van der Waals surface area contributed by atoms with Crippen LogP contribution in [-0.2, 0) is 17.8 Å². The van der Waals surface area contributed by atoms with Crippen molar-refractivity contribution in [2.75, 3.05) is 7.05 Å². The van der Waals surface area contributed by atoms with E-state index in [9.17, 15) is 14.9 Å². The molecule has 8 heteroatoms. The molecular weight excluding hydrogens is 356 g/mol. The Kier molecular flexibility index (Phi) is 5.18. The van der Waals surface area contributed by atoms with Gasteiger partial charge < -0.3 is 9.88 Å². The van der Waals surface area contributed by atoms with Crippen LogP contribution in [0, 0.1) is 10.1 Å². The van der Waals surface area contributed by atoms with Crippen LogP contribution in [0.1, 0.15) is 17.8 Å². The molecule has 134 valence electrons. The number of H-pyrrole nitrogens is 1. The van der Waals surface area contributed by atoms with Gasteiger partial charge in [-0.05, 0) is 23.8 Å². The summed E-state index contributed by atoms with van der Waals surface area (Å²) < 4.78 is 0. The highest BCUT2D eigenvalue weighted by Gasteiger charge is 2.15.